The largest absolute Gasteiger partial charge is 0.262 e. The molecule has 4 nitrogen and oxygen atoms in total. The molecule has 0 saturated heterocycles. The van der Waals surface area contributed by atoms with E-state index in [0.29, 0.717) is 22.5 Å². The summed E-state index contributed by atoms with van der Waals surface area (Å²) in [5.41, 5.74) is 0.253. The van der Waals surface area contributed by atoms with E-state index in [1.54, 1.807) is 5.38 Å². The molecule has 1 aromatic carbocycles. The monoisotopic (exact) mass is 350 g/mol. The summed E-state index contributed by atoms with van der Waals surface area (Å²) in [7, 11) is 0. The van der Waals surface area contributed by atoms with Crippen LogP contribution in [0, 0.1) is 11.6 Å². The number of thiazole rings is 1. The number of aromatic amines is 1. The average molecular weight is 350 g/mol. The second kappa shape index (κ2) is 6.01. The van der Waals surface area contributed by atoms with E-state index in [2.05, 4.69) is 20.2 Å². The smallest absolute Gasteiger partial charge is 0.208 e. The molecule has 0 atom stereocenters. The Morgan fingerprint density at radius 2 is 2.00 bits per heavy atom. The Morgan fingerprint density at radius 3 is 2.74 bits per heavy atom. The number of benzene rings is 1. The van der Waals surface area contributed by atoms with Gasteiger partial charge < -0.3 is 0 Å². The van der Waals surface area contributed by atoms with Crippen LogP contribution in [0.25, 0.3) is 11.3 Å². The van der Waals surface area contributed by atoms with Gasteiger partial charge in [-0.05, 0) is 25.0 Å². The Morgan fingerprint density at radius 1 is 1.22 bits per heavy atom. The third-order valence-corrected chi connectivity index (χ3v) is 5.43. The van der Waals surface area contributed by atoms with Gasteiger partial charge in [0.25, 0.3) is 0 Å². The maximum Gasteiger partial charge on any atom is 0.208 e. The SMILES string of the molecule is Fc1cccc(F)c1-c1csc(CSc2n[nH]c(C3CC3)n2)n1. The van der Waals surface area contributed by atoms with E-state index in [0.717, 1.165) is 10.8 Å². The van der Waals surface area contributed by atoms with Crippen LogP contribution in [0.3, 0.4) is 0 Å². The highest BCUT2D eigenvalue weighted by molar-refractivity contribution is 7.98. The molecule has 0 radical (unpaired) electrons. The molecule has 0 bridgehead atoms. The van der Waals surface area contributed by atoms with Crippen molar-refractivity contribution in [2.75, 3.05) is 0 Å². The van der Waals surface area contributed by atoms with Crippen molar-refractivity contribution in [3.63, 3.8) is 0 Å². The lowest BCUT2D eigenvalue weighted by molar-refractivity contribution is 0.589. The van der Waals surface area contributed by atoms with Gasteiger partial charge in [0.2, 0.25) is 5.16 Å². The number of thioether (sulfide) groups is 1. The van der Waals surface area contributed by atoms with E-state index in [-0.39, 0.29) is 5.56 Å². The minimum Gasteiger partial charge on any atom is -0.262 e. The molecule has 23 heavy (non-hydrogen) atoms. The van der Waals surface area contributed by atoms with E-state index in [1.807, 2.05) is 0 Å². The summed E-state index contributed by atoms with van der Waals surface area (Å²) in [6.07, 6.45) is 2.34. The third kappa shape index (κ3) is 3.13. The Balaban J connectivity index is 1.47. The van der Waals surface area contributed by atoms with Crippen molar-refractivity contribution in [3.05, 3.63) is 46.0 Å². The van der Waals surface area contributed by atoms with Crippen LogP contribution < -0.4 is 0 Å². The summed E-state index contributed by atoms with van der Waals surface area (Å²) in [6, 6.07) is 3.82. The molecule has 4 rings (SSSR count). The summed E-state index contributed by atoms with van der Waals surface area (Å²) in [6.45, 7) is 0. The fourth-order valence-electron chi connectivity index (χ4n) is 2.22. The van der Waals surface area contributed by atoms with Crippen LogP contribution in [0.4, 0.5) is 8.78 Å². The molecule has 0 spiro atoms. The van der Waals surface area contributed by atoms with Gasteiger partial charge in [0.15, 0.2) is 0 Å². The van der Waals surface area contributed by atoms with Crippen LogP contribution in [0.5, 0.6) is 0 Å². The molecule has 1 saturated carbocycles. The first-order chi connectivity index (χ1) is 11.2. The molecule has 1 fully saturated rings. The second-order valence-corrected chi connectivity index (χ2v) is 7.17. The molecular weight excluding hydrogens is 338 g/mol. The first kappa shape index (κ1) is 14.8. The van der Waals surface area contributed by atoms with Crippen molar-refractivity contribution in [1.82, 2.24) is 20.2 Å². The zero-order valence-electron chi connectivity index (χ0n) is 11.9. The van der Waals surface area contributed by atoms with Gasteiger partial charge in [0, 0.05) is 11.3 Å². The summed E-state index contributed by atoms with van der Waals surface area (Å²) < 4.78 is 27.6. The summed E-state index contributed by atoms with van der Waals surface area (Å²) in [5, 5.41) is 10.3. The van der Waals surface area contributed by atoms with E-state index < -0.39 is 11.6 Å². The van der Waals surface area contributed by atoms with Gasteiger partial charge in [0.05, 0.1) is 17.0 Å². The van der Waals surface area contributed by atoms with Gasteiger partial charge in [-0.15, -0.1) is 16.4 Å². The molecule has 1 aliphatic rings. The van der Waals surface area contributed by atoms with Crippen molar-refractivity contribution in [1.29, 1.82) is 0 Å². The van der Waals surface area contributed by atoms with Crippen molar-refractivity contribution in [3.8, 4) is 11.3 Å². The molecule has 0 unspecified atom stereocenters. The fraction of sp³-hybridized carbons (Fsp3) is 0.267. The highest BCUT2D eigenvalue weighted by Crippen LogP contribution is 2.38. The first-order valence-corrected chi connectivity index (χ1v) is 9.01. The number of rotatable bonds is 5. The van der Waals surface area contributed by atoms with E-state index in [9.17, 15) is 8.78 Å². The number of H-pyrrole nitrogens is 1. The minimum atomic E-state index is -0.599. The molecule has 1 aliphatic carbocycles. The van der Waals surface area contributed by atoms with Crippen LogP contribution in [0.15, 0.2) is 28.7 Å². The third-order valence-electron chi connectivity index (χ3n) is 3.54. The maximum absolute atomic E-state index is 13.8. The molecule has 2 heterocycles. The molecule has 118 valence electrons. The molecule has 1 N–H and O–H groups in total. The highest BCUT2D eigenvalue weighted by Gasteiger charge is 2.27. The summed E-state index contributed by atoms with van der Waals surface area (Å²) in [4.78, 5) is 8.76. The lowest BCUT2D eigenvalue weighted by Gasteiger charge is -2.00. The van der Waals surface area contributed by atoms with Crippen LogP contribution in [-0.2, 0) is 5.75 Å². The van der Waals surface area contributed by atoms with Gasteiger partial charge in [-0.3, -0.25) is 5.10 Å². The number of halogens is 2. The quantitative estimate of drug-likeness (QED) is 0.694. The topological polar surface area (TPSA) is 54.5 Å². The Hall–Kier alpha value is -1.80. The lowest BCUT2D eigenvalue weighted by atomic mass is 10.1. The Labute approximate surface area is 139 Å². The fourth-order valence-corrected chi connectivity index (χ4v) is 3.83. The van der Waals surface area contributed by atoms with E-state index in [1.165, 1.54) is 54.1 Å². The average Bonchev–Trinajstić information content (AvgIpc) is 3.09. The molecule has 0 amide bonds. The Kier molecular flexibility index (Phi) is 3.86. The standard InChI is InChI=1S/C15H12F2N4S2/c16-9-2-1-3-10(17)13(9)11-6-22-12(18-11)7-23-15-19-14(20-21-15)8-4-5-8/h1-3,6,8H,4-5,7H2,(H,19,20,21). The van der Waals surface area contributed by atoms with Crippen LogP contribution in [0.1, 0.15) is 29.6 Å². The molecular formula is C15H12F2N4S2. The Bertz CT molecular complexity index is 821. The number of nitrogens with one attached hydrogen (secondary N) is 1. The maximum atomic E-state index is 13.8. The minimum absolute atomic E-state index is 0.0751. The first-order valence-electron chi connectivity index (χ1n) is 7.14. The van der Waals surface area contributed by atoms with Crippen molar-refractivity contribution < 1.29 is 8.78 Å². The van der Waals surface area contributed by atoms with Gasteiger partial charge >= 0.3 is 0 Å². The van der Waals surface area contributed by atoms with Crippen LogP contribution in [0.2, 0.25) is 0 Å². The highest BCUT2D eigenvalue weighted by atomic mass is 32.2. The van der Waals surface area contributed by atoms with Crippen molar-refractivity contribution >= 4 is 23.1 Å². The van der Waals surface area contributed by atoms with Gasteiger partial charge in [0.1, 0.15) is 22.5 Å². The van der Waals surface area contributed by atoms with Gasteiger partial charge in [-0.25, -0.2) is 18.7 Å². The predicted octanol–water partition coefficient (Wildman–Crippen LogP) is 4.38. The number of nitrogens with zero attached hydrogens (tertiary/aromatic N) is 3. The van der Waals surface area contributed by atoms with Crippen molar-refractivity contribution in [2.24, 2.45) is 0 Å². The zero-order valence-corrected chi connectivity index (χ0v) is 13.6. The summed E-state index contributed by atoms with van der Waals surface area (Å²) in [5.74, 6) is 0.853. The zero-order chi connectivity index (χ0) is 15.8. The van der Waals surface area contributed by atoms with Crippen molar-refractivity contribution in [2.45, 2.75) is 29.7 Å². The van der Waals surface area contributed by atoms with Crippen LogP contribution >= 0.6 is 23.1 Å². The summed E-state index contributed by atoms with van der Waals surface area (Å²) >= 11 is 2.84. The lowest BCUT2D eigenvalue weighted by Crippen LogP contribution is -1.90. The number of hydrogen-bond donors (Lipinski definition) is 1. The van der Waals surface area contributed by atoms with E-state index in [4.69, 9.17) is 0 Å². The predicted molar refractivity (Wildman–Crippen MR) is 85.4 cm³/mol. The number of aromatic nitrogens is 4. The molecule has 8 heteroatoms. The number of hydrogen-bond acceptors (Lipinski definition) is 5. The second-order valence-electron chi connectivity index (χ2n) is 5.29. The normalized spacial score (nSPS) is 14.3. The molecule has 3 aromatic rings. The van der Waals surface area contributed by atoms with Crippen LogP contribution in [-0.4, -0.2) is 20.2 Å². The molecule has 2 aromatic heterocycles. The van der Waals surface area contributed by atoms with E-state index >= 15 is 0 Å². The van der Waals surface area contributed by atoms with Gasteiger partial charge in [-0.1, -0.05) is 17.8 Å². The molecule has 0 aliphatic heterocycles. The van der Waals surface area contributed by atoms with Gasteiger partial charge in [-0.2, -0.15) is 0 Å².